The molecule has 1 amide bonds. The van der Waals surface area contributed by atoms with E-state index in [4.69, 9.17) is 0 Å². The summed E-state index contributed by atoms with van der Waals surface area (Å²) in [7, 11) is 0. The minimum Gasteiger partial charge on any atom is -0.354 e. The van der Waals surface area contributed by atoms with E-state index >= 15 is 0 Å². The van der Waals surface area contributed by atoms with Crippen LogP contribution in [0.4, 0.5) is 0 Å². The second kappa shape index (κ2) is 7.98. The van der Waals surface area contributed by atoms with Crippen molar-refractivity contribution in [3.63, 3.8) is 0 Å². The van der Waals surface area contributed by atoms with Crippen LogP contribution >= 0.6 is 15.9 Å². The molecule has 7 heteroatoms. The Kier molecular flexibility index (Phi) is 5.25. The molecule has 0 aliphatic rings. The lowest BCUT2D eigenvalue weighted by molar-refractivity contribution is -0.121. The van der Waals surface area contributed by atoms with Gasteiger partial charge in [0.15, 0.2) is 0 Å². The Hall–Kier alpha value is -2.93. The zero-order valence-electron chi connectivity index (χ0n) is 15.1. The van der Waals surface area contributed by atoms with Crippen molar-refractivity contribution in [1.82, 2.24) is 19.9 Å². The van der Waals surface area contributed by atoms with Crippen LogP contribution in [-0.4, -0.2) is 27.0 Å². The number of aryl methyl sites for hydroxylation is 1. The van der Waals surface area contributed by atoms with E-state index in [-0.39, 0.29) is 17.9 Å². The molecule has 0 saturated heterocycles. The van der Waals surface area contributed by atoms with E-state index in [0.717, 1.165) is 20.9 Å². The predicted octanol–water partition coefficient (Wildman–Crippen LogP) is 3.39. The first-order valence-corrected chi connectivity index (χ1v) is 9.88. The Morgan fingerprint density at radius 1 is 1.18 bits per heavy atom. The Balaban J connectivity index is 1.33. The highest BCUT2D eigenvalue weighted by Crippen LogP contribution is 2.20. The highest BCUT2D eigenvalue weighted by molar-refractivity contribution is 9.10. The van der Waals surface area contributed by atoms with Crippen LogP contribution in [-0.2, 0) is 17.8 Å². The number of carbonyl (C=O) groups is 1. The van der Waals surface area contributed by atoms with Crippen LogP contribution in [0.25, 0.3) is 21.9 Å². The zero-order valence-corrected chi connectivity index (χ0v) is 16.7. The van der Waals surface area contributed by atoms with E-state index in [1.165, 1.54) is 0 Å². The molecule has 0 aliphatic heterocycles. The van der Waals surface area contributed by atoms with Crippen molar-refractivity contribution in [3.05, 3.63) is 75.2 Å². The second-order valence-corrected chi connectivity index (χ2v) is 7.51. The van der Waals surface area contributed by atoms with Gasteiger partial charge in [-0.05, 0) is 35.7 Å². The first-order chi connectivity index (χ1) is 13.6. The lowest BCUT2D eigenvalue weighted by Gasteiger charge is -2.08. The van der Waals surface area contributed by atoms with Gasteiger partial charge in [-0.25, -0.2) is 4.98 Å². The molecular formula is C21H19BrN4O2. The first kappa shape index (κ1) is 18.4. The van der Waals surface area contributed by atoms with Gasteiger partial charge in [0.1, 0.15) is 5.69 Å². The summed E-state index contributed by atoms with van der Waals surface area (Å²) in [5.74, 6) is -0.0907. The number of fused-ring (bicyclic) bond motifs is 2. The third kappa shape index (κ3) is 3.99. The Bertz CT molecular complexity index is 1210. The van der Waals surface area contributed by atoms with E-state index in [2.05, 4.69) is 54.0 Å². The molecule has 2 aromatic heterocycles. The summed E-state index contributed by atoms with van der Waals surface area (Å²) in [6.07, 6.45) is 2.56. The normalized spacial score (nSPS) is 11.2. The summed E-state index contributed by atoms with van der Waals surface area (Å²) >= 11 is 3.49. The van der Waals surface area contributed by atoms with E-state index in [1.54, 1.807) is 0 Å². The minimum atomic E-state index is -0.240. The highest BCUT2D eigenvalue weighted by Gasteiger charge is 2.08. The number of halogens is 1. The van der Waals surface area contributed by atoms with Crippen LogP contribution in [0.1, 0.15) is 12.1 Å². The molecule has 6 nitrogen and oxygen atoms in total. The number of nitrogens with one attached hydrogen (secondary N) is 2. The third-order valence-electron chi connectivity index (χ3n) is 4.67. The molecular weight excluding hydrogens is 420 g/mol. The summed E-state index contributed by atoms with van der Waals surface area (Å²) in [6, 6.07) is 15.6. The molecule has 28 heavy (non-hydrogen) atoms. The molecule has 2 heterocycles. The molecule has 0 fully saturated rings. The van der Waals surface area contributed by atoms with Gasteiger partial charge in [0, 0.05) is 42.1 Å². The molecule has 0 radical (unpaired) electrons. The quantitative estimate of drug-likeness (QED) is 0.484. The summed E-state index contributed by atoms with van der Waals surface area (Å²) in [6.45, 7) is 1.21. The van der Waals surface area contributed by atoms with Gasteiger partial charge in [0.25, 0.3) is 5.56 Å². The van der Waals surface area contributed by atoms with E-state index in [1.807, 2.05) is 36.5 Å². The average Bonchev–Trinajstić information content (AvgIpc) is 3.08. The lowest BCUT2D eigenvalue weighted by atomic mass is 10.2. The fourth-order valence-corrected chi connectivity index (χ4v) is 3.57. The minimum absolute atomic E-state index is 0.0907. The van der Waals surface area contributed by atoms with Crippen LogP contribution < -0.4 is 10.9 Å². The SMILES string of the molecule is O=C(CCc1nc2ccccc2[nH]c1=O)NCCn1ccc2ccc(Br)cc21. The fraction of sp³-hybridized carbons (Fsp3) is 0.190. The molecule has 0 atom stereocenters. The molecule has 142 valence electrons. The summed E-state index contributed by atoms with van der Waals surface area (Å²) in [5, 5.41) is 4.08. The van der Waals surface area contributed by atoms with Gasteiger partial charge in [0.05, 0.1) is 11.0 Å². The number of para-hydroxylation sites is 2. The Labute approximate surface area is 169 Å². The number of nitrogens with zero attached hydrogens (tertiary/aromatic N) is 2. The molecule has 0 unspecified atom stereocenters. The topological polar surface area (TPSA) is 79.8 Å². The van der Waals surface area contributed by atoms with Crippen LogP contribution in [0.3, 0.4) is 0 Å². The van der Waals surface area contributed by atoms with Crippen molar-refractivity contribution in [2.45, 2.75) is 19.4 Å². The van der Waals surface area contributed by atoms with Crippen molar-refractivity contribution in [3.8, 4) is 0 Å². The molecule has 0 aliphatic carbocycles. The van der Waals surface area contributed by atoms with Crippen molar-refractivity contribution in [2.75, 3.05) is 6.54 Å². The number of rotatable bonds is 6. The van der Waals surface area contributed by atoms with Crippen molar-refractivity contribution >= 4 is 43.8 Å². The molecule has 4 aromatic rings. The van der Waals surface area contributed by atoms with E-state index in [9.17, 15) is 9.59 Å². The Morgan fingerprint density at radius 3 is 2.93 bits per heavy atom. The van der Waals surface area contributed by atoms with Gasteiger partial charge in [0.2, 0.25) is 5.91 Å². The monoisotopic (exact) mass is 438 g/mol. The third-order valence-corrected chi connectivity index (χ3v) is 5.16. The van der Waals surface area contributed by atoms with Crippen LogP contribution in [0.15, 0.2) is 64.0 Å². The van der Waals surface area contributed by atoms with Gasteiger partial charge < -0.3 is 14.9 Å². The van der Waals surface area contributed by atoms with Crippen LogP contribution in [0.2, 0.25) is 0 Å². The molecule has 0 saturated carbocycles. The zero-order chi connectivity index (χ0) is 19.5. The van der Waals surface area contributed by atoms with Gasteiger partial charge >= 0.3 is 0 Å². The first-order valence-electron chi connectivity index (χ1n) is 9.09. The van der Waals surface area contributed by atoms with Crippen molar-refractivity contribution in [1.29, 1.82) is 0 Å². The summed E-state index contributed by atoms with van der Waals surface area (Å²) in [4.78, 5) is 31.5. The fourth-order valence-electron chi connectivity index (χ4n) is 3.23. The molecule has 0 bridgehead atoms. The van der Waals surface area contributed by atoms with Gasteiger partial charge in [-0.3, -0.25) is 9.59 Å². The van der Waals surface area contributed by atoms with Crippen LogP contribution in [0, 0.1) is 0 Å². The molecule has 2 aromatic carbocycles. The number of H-pyrrole nitrogens is 1. The maximum Gasteiger partial charge on any atom is 0.270 e. The average molecular weight is 439 g/mol. The highest BCUT2D eigenvalue weighted by atomic mass is 79.9. The largest absolute Gasteiger partial charge is 0.354 e. The molecule has 4 rings (SSSR count). The maximum atomic E-state index is 12.2. The number of hydrogen-bond donors (Lipinski definition) is 2. The summed E-state index contributed by atoms with van der Waals surface area (Å²) in [5.41, 5.74) is 2.69. The van der Waals surface area contributed by atoms with E-state index in [0.29, 0.717) is 30.7 Å². The van der Waals surface area contributed by atoms with E-state index < -0.39 is 0 Å². The molecule has 0 spiro atoms. The number of carbonyl (C=O) groups excluding carboxylic acids is 1. The number of amides is 1. The lowest BCUT2D eigenvalue weighted by Crippen LogP contribution is -2.28. The number of aromatic amines is 1. The van der Waals surface area contributed by atoms with Gasteiger partial charge in [-0.1, -0.05) is 34.1 Å². The predicted molar refractivity (Wildman–Crippen MR) is 113 cm³/mol. The number of hydrogen-bond acceptors (Lipinski definition) is 3. The second-order valence-electron chi connectivity index (χ2n) is 6.59. The maximum absolute atomic E-state index is 12.2. The smallest absolute Gasteiger partial charge is 0.270 e. The Morgan fingerprint density at radius 2 is 2.04 bits per heavy atom. The van der Waals surface area contributed by atoms with Gasteiger partial charge in [-0.2, -0.15) is 0 Å². The standard InChI is InChI=1S/C21H19BrN4O2/c22-15-6-5-14-9-11-26(19(14)13-15)12-10-23-20(27)8-7-18-21(28)25-17-4-2-1-3-16(17)24-18/h1-6,9,11,13H,7-8,10,12H2,(H,23,27)(H,25,28). The van der Waals surface area contributed by atoms with Crippen molar-refractivity contribution in [2.24, 2.45) is 0 Å². The summed E-state index contributed by atoms with van der Waals surface area (Å²) < 4.78 is 3.13. The van der Waals surface area contributed by atoms with Gasteiger partial charge in [-0.15, -0.1) is 0 Å². The number of benzene rings is 2. The molecule has 2 N–H and O–H groups in total. The van der Waals surface area contributed by atoms with Crippen molar-refractivity contribution < 1.29 is 4.79 Å². The number of aromatic nitrogens is 3. The van der Waals surface area contributed by atoms with Crippen LogP contribution in [0.5, 0.6) is 0 Å².